The van der Waals surface area contributed by atoms with Crippen molar-refractivity contribution in [1.82, 2.24) is 9.80 Å². The molecule has 2 heterocycles. The molecule has 0 radical (unpaired) electrons. The van der Waals surface area contributed by atoms with Crippen molar-refractivity contribution in [3.05, 3.63) is 119 Å². The normalized spacial score (nSPS) is 22.8. The molecule has 2 amide bonds. The third-order valence-electron chi connectivity index (χ3n) is 7.53. The zero-order valence-electron chi connectivity index (χ0n) is 22.3. The number of imide groups is 1. The lowest BCUT2D eigenvalue weighted by atomic mass is 9.90. The van der Waals surface area contributed by atoms with Crippen molar-refractivity contribution >= 4 is 11.8 Å². The van der Waals surface area contributed by atoms with Gasteiger partial charge >= 0.3 is 0 Å². The highest BCUT2D eigenvalue weighted by molar-refractivity contribution is 6.21. The maximum atomic E-state index is 12.8. The number of rotatable bonds is 9. The van der Waals surface area contributed by atoms with Gasteiger partial charge in [0.05, 0.1) is 36.5 Å². The van der Waals surface area contributed by atoms with Crippen molar-refractivity contribution < 1.29 is 24.2 Å². The Labute approximate surface area is 229 Å². The molecule has 0 bridgehead atoms. The van der Waals surface area contributed by atoms with E-state index in [0.717, 1.165) is 35.3 Å². The second kappa shape index (κ2) is 11.6. The maximum Gasteiger partial charge on any atom is 0.261 e. The Morgan fingerprint density at radius 3 is 2.08 bits per heavy atom. The fraction of sp³-hybridized carbons (Fsp3) is 0.312. The second-order valence-electron chi connectivity index (χ2n) is 10.3. The zero-order chi connectivity index (χ0) is 27.5. The van der Waals surface area contributed by atoms with Gasteiger partial charge in [0.25, 0.3) is 11.8 Å². The number of benzene rings is 3. The summed E-state index contributed by atoms with van der Waals surface area (Å²) >= 11 is 0. The average molecular weight is 527 g/mol. The van der Waals surface area contributed by atoms with E-state index < -0.39 is 6.29 Å². The molecule has 3 aromatic carbocycles. The Kier molecular flexibility index (Phi) is 8.04. The molecule has 2 aliphatic heterocycles. The summed E-state index contributed by atoms with van der Waals surface area (Å²) in [5, 5.41) is 9.45. The third-order valence-corrected chi connectivity index (χ3v) is 7.53. The van der Waals surface area contributed by atoms with Gasteiger partial charge in [-0.05, 0) is 35.9 Å². The lowest BCUT2D eigenvalue weighted by Gasteiger charge is -2.42. The summed E-state index contributed by atoms with van der Waals surface area (Å²) in [6, 6.07) is 22.5. The summed E-state index contributed by atoms with van der Waals surface area (Å²) in [6.45, 7) is 7.65. The van der Waals surface area contributed by atoms with Crippen LogP contribution in [0.2, 0.25) is 0 Å². The first kappa shape index (κ1) is 27.0. The number of hydrogen-bond donors (Lipinski definition) is 1. The smallest absolute Gasteiger partial charge is 0.261 e. The van der Waals surface area contributed by atoms with Gasteiger partial charge in [-0.15, -0.1) is 6.58 Å². The number of ether oxygens (including phenoxy) is 2. The Bertz CT molecular complexity index is 1300. The predicted molar refractivity (Wildman–Crippen MR) is 148 cm³/mol. The molecule has 0 unspecified atom stereocenters. The Morgan fingerprint density at radius 2 is 1.49 bits per heavy atom. The Balaban J connectivity index is 1.35. The molecular formula is C32H34N2O5. The van der Waals surface area contributed by atoms with Crippen LogP contribution in [0.1, 0.15) is 62.3 Å². The van der Waals surface area contributed by atoms with E-state index >= 15 is 0 Å². The SMILES string of the molecule is C=CCN(C)C[C@@H]1O[C@H](c2ccc(CN3C(=O)c4ccccc4C3=O)cc2)O[C@H](c2ccc(CO)cc2)[C@@H]1C. The highest BCUT2D eigenvalue weighted by Gasteiger charge is 2.39. The number of likely N-dealkylation sites (N-methyl/N-ethyl adjacent to an activating group) is 1. The molecule has 3 aromatic rings. The van der Waals surface area contributed by atoms with E-state index in [2.05, 4.69) is 18.4 Å². The number of nitrogens with zero attached hydrogens (tertiary/aromatic N) is 2. The average Bonchev–Trinajstić information content (AvgIpc) is 3.19. The number of carbonyl (C=O) groups is 2. The van der Waals surface area contributed by atoms with E-state index in [9.17, 15) is 14.7 Å². The first-order valence-corrected chi connectivity index (χ1v) is 13.2. The van der Waals surface area contributed by atoms with Crippen molar-refractivity contribution in [3.63, 3.8) is 0 Å². The van der Waals surface area contributed by atoms with Crippen LogP contribution in [-0.2, 0) is 22.6 Å². The van der Waals surface area contributed by atoms with E-state index in [0.29, 0.717) is 11.1 Å². The summed E-state index contributed by atoms with van der Waals surface area (Å²) in [7, 11) is 2.04. The van der Waals surface area contributed by atoms with E-state index in [4.69, 9.17) is 9.47 Å². The van der Waals surface area contributed by atoms with Gasteiger partial charge in [0.2, 0.25) is 0 Å². The van der Waals surface area contributed by atoms with Crippen LogP contribution in [0.25, 0.3) is 0 Å². The quantitative estimate of drug-likeness (QED) is 0.316. The molecule has 202 valence electrons. The van der Waals surface area contributed by atoms with Crippen molar-refractivity contribution in [2.24, 2.45) is 5.92 Å². The van der Waals surface area contributed by atoms with Crippen molar-refractivity contribution in [3.8, 4) is 0 Å². The molecule has 4 atom stereocenters. The van der Waals surface area contributed by atoms with Gasteiger partial charge in [0.1, 0.15) is 0 Å². The summed E-state index contributed by atoms with van der Waals surface area (Å²) < 4.78 is 13.0. The van der Waals surface area contributed by atoms with Crippen LogP contribution in [0.4, 0.5) is 0 Å². The molecule has 2 aliphatic rings. The number of carbonyl (C=O) groups excluding carboxylic acids is 2. The number of amides is 2. The van der Waals surface area contributed by atoms with Gasteiger partial charge in [-0.1, -0.05) is 73.7 Å². The minimum absolute atomic E-state index is 0.00483. The summed E-state index contributed by atoms with van der Waals surface area (Å²) in [4.78, 5) is 29.0. The maximum absolute atomic E-state index is 12.8. The minimum Gasteiger partial charge on any atom is -0.392 e. The topological polar surface area (TPSA) is 79.3 Å². The van der Waals surface area contributed by atoms with Crippen LogP contribution in [-0.4, -0.2) is 53.0 Å². The summed E-state index contributed by atoms with van der Waals surface area (Å²) in [5.41, 5.74) is 4.49. The van der Waals surface area contributed by atoms with Gasteiger partial charge < -0.3 is 19.5 Å². The molecule has 0 aromatic heterocycles. The van der Waals surface area contributed by atoms with Crippen LogP contribution in [0.5, 0.6) is 0 Å². The lowest BCUT2D eigenvalue weighted by Crippen LogP contribution is -2.43. The second-order valence-corrected chi connectivity index (χ2v) is 10.3. The standard InChI is InChI=1S/C32H34N2O5/c1-4-17-33(3)19-28-21(2)29(24-13-11-23(20-35)12-14-24)39-32(38-28)25-15-9-22(10-16-25)18-34-30(36)26-7-5-6-8-27(26)31(34)37/h4-16,21,28-29,32,35H,1,17-20H2,2-3H3/t21-,28+,29+,32+/m1/s1. The molecule has 0 saturated carbocycles. The number of fused-ring (bicyclic) bond motifs is 1. The monoisotopic (exact) mass is 526 g/mol. The molecule has 5 rings (SSSR count). The summed E-state index contributed by atoms with van der Waals surface area (Å²) in [6.07, 6.45) is 1.00. The van der Waals surface area contributed by atoms with Crippen molar-refractivity contribution in [1.29, 1.82) is 0 Å². The van der Waals surface area contributed by atoms with Crippen molar-refractivity contribution in [2.45, 2.75) is 38.6 Å². The molecule has 39 heavy (non-hydrogen) atoms. The summed E-state index contributed by atoms with van der Waals surface area (Å²) in [5.74, 6) is -0.454. The highest BCUT2D eigenvalue weighted by atomic mass is 16.7. The van der Waals surface area contributed by atoms with Crippen LogP contribution in [0, 0.1) is 5.92 Å². The molecule has 0 spiro atoms. The fourth-order valence-corrected chi connectivity index (χ4v) is 5.28. The van der Waals surface area contributed by atoms with Gasteiger partial charge in [0, 0.05) is 24.6 Å². The van der Waals surface area contributed by atoms with Crippen molar-refractivity contribution in [2.75, 3.05) is 20.1 Å². The van der Waals surface area contributed by atoms with E-state index in [-0.39, 0.29) is 43.1 Å². The highest BCUT2D eigenvalue weighted by Crippen LogP contribution is 2.42. The molecule has 7 nitrogen and oxygen atoms in total. The fourth-order valence-electron chi connectivity index (χ4n) is 5.28. The Morgan fingerprint density at radius 1 is 0.897 bits per heavy atom. The minimum atomic E-state index is -0.584. The zero-order valence-corrected chi connectivity index (χ0v) is 22.3. The first-order valence-electron chi connectivity index (χ1n) is 13.2. The molecule has 1 N–H and O–H groups in total. The number of aliphatic hydroxyl groups is 1. The first-order chi connectivity index (χ1) is 18.9. The van der Waals surface area contributed by atoms with Gasteiger partial charge in [-0.25, -0.2) is 0 Å². The Hall–Kier alpha value is -3.62. The molecular weight excluding hydrogens is 492 g/mol. The molecule has 0 aliphatic carbocycles. The third kappa shape index (κ3) is 5.58. The van der Waals surface area contributed by atoms with Crippen LogP contribution >= 0.6 is 0 Å². The van der Waals surface area contributed by atoms with E-state index in [1.54, 1.807) is 24.3 Å². The molecule has 1 saturated heterocycles. The van der Waals surface area contributed by atoms with Gasteiger partial charge in [-0.2, -0.15) is 0 Å². The van der Waals surface area contributed by atoms with Gasteiger partial charge in [0.15, 0.2) is 6.29 Å². The predicted octanol–water partition coefficient (Wildman–Crippen LogP) is 4.88. The van der Waals surface area contributed by atoms with Crippen LogP contribution < -0.4 is 0 Å². The number of aliphatic hydroxyl groups excluding tert-OH is 1. The largest absolute Gasteiger partial charge is 0.392 e. The van der Waals surface area contributed by atoms with Gasteiger partial charge in [-0.3, -0.25) is 14.5 Å². The lowest BCUT2D eigenvalue weighted by molar-refractivity contribution is -0.275. The van der Waals surface area contributed by atoms with E-state index in [1.165, 1.54) is 4.90 Å². The molecule has 1 fully saturated rings. The van der Waals surface area contributed by atoms with Crippen LogP contribution in [0.3, 0.4) is 0 Å². The number of hydrogen-bond acceptors (Lipinski definition) is 6. The molecule has 7 heteroatoms. The van der Waals surface area contributed by atoms with Crippen LogP contribution in [0.15, 0.2) is 85.5 Å². The van der Waals surface area contributed by atoms with E-state index in [1.807, 2.05) is 61.7 Å².